The molecule has 0 fully saturated rings. The van der Waals surface area contributed by atoms with Crippen LogP contribution in [0.15, 0.2) is 42.6 Å². The number of pyridine rings is 1. The maximum Gasteiger partial charge on any atom is 0.573 e. The van der Waals surface area contributed by atoms with Gasteiger partial charge >= 0.3 is 6.36 Å². The highest BCUT2D eigenvalue weighted by Gasteiger charge is 2.31. The Morgan fingerprint density at radius 2 is 1.89 bits per heavy atom. The molecule has 0 unspecified atom stereocenters. The summed E-state index contributed by atoms with van der Waals surface area (Å²) in [4.78, 5) is 4.10. The molecule has 100 valence electrons. The van der Waals surface area contributed by atoms with Crippen molar-refractivity contribution in [2.75, 3.05) is 7.11 Å². The zero-order valence-corrected chi connectivity index (χ0v) is 9.94. The number of hydrogen-bond donors (Lipinski definition) is 0. The van der Waals surface area contributed by atoms with Crippen LogP contribution in [0.1, 0.15) is 0 Å². The third kappa shape index (κ3) is 3.37. The molecular weight excluding hydrogens is 259 g/mol. The first-order valence-corrected chi connectivity index (χ1v) is 5.35. The second kappa shape index (κ2) is 5.17. The van der Waals surface area contributed by atoms with Crippen LogP contribution in [0.5, 0.6) is 11.5 Å². The van der Waals surface area contributed by atoms with Crippen LogP contribution in [-0.4, -0.2) is 18.5 Å². The van der Waals surface area contributed by atoms with Gasteiger partial charge in [0.05, 0.1) is 7.11 Å². The van der Waals surface area contributed by atoms with E-state index in [9.17, 15) is 13.2 Å². The van der Waals surface area contributed by atoms with Crippen molar-refractivity contribution in [1.29, 1.82) is 0 Å². The first kappa shape index (κ1) is 13.2. The number of halogens is 3. The minimum Gasteiger partial charge on any atom is -0.494 e. The lowest BCUT2D eigenvalue weighted by atomic mass is 10.1. The molecule has 0 aliphatic carbocycles. The highest BCUT2D eigenvalue weighted by atomic mass is 19.4. The van der Waals surface area contributed by atoms with Crippen LogP contribution in [-0.2, 0) is 0 Å². The summed E-state index contributed by atoms with van der Waals surface area (Å²) in [6.07, 6.45) is -3.18. The molecule has 1 heterocycles. The van der Waals surface area contributed by atoms with Gasteiger partial charge < -0.3 is 9.47 Å². The van der Waals surface area contributed by atoms with E-state index in [0.29, 0.717) is 17.0 Å². The molecular formula is C13H10F3NO2. The van der Waals surface area contributed by atoms with Crippen LogP contribution >= 0.6 is 0 Å². The van der Waals surface area contributed by atoms with Gasteiger partial charge in [-0.3, -0.25) is 4.98 Å². The number of benzene rings is 1. The van der Waals surface area contributed by atoms with E-state index in [1.54, 1.807) is 18.2 Å². The predicted octanol–water partition coefficient (Wildman–Crippen LogP) is 3.66. The minimum atomic E-state index is -4.72. The predicted molar refractivity (Wildman–Crippen MR) is 62.9 cm³/mol. The zero-order chi connectivity index (χ0) is 13.9. The molecule has 6 heteroatoms. The number of rotatable bonds is 3. The minimum absolute atomic E-state index is 0.294. The molecule has 0 saturated heterocycles. The van der Waals surface area contributed by atoms with E-state index in [-0.39, 0.29) is 5.75 Å². The molecule has 0 atom stereocenters. The van der Waals surface area contributed by atoms with Crippen molar-refractivity contribution in [3.05, 3.63) is 42.6 Å². The van der Waals surface area contributed by atoms with Crippen LogP contribution < -0.4 is 9.47 Å². The Hall–Kier alpha value is -2.24. The summed E-state index contributed by atoms with van der Waals surface area (Å²) in [7, 11) is 1.47. The van der Waals surface area contributed by atoms with Crippen molar-refractivity contribution >= 4 is 0 Å². The SMILES string of the molecule is COc1cccnc1-c1cccc(OC(F)(F)F)c1. The monoisotopic (exact) mass is 269 g/mol. The van der Waals surface area contributed by atoms with Gasteiger partial charge in [-0.05, 0) is 24.3 Å². The normalized spacial score (nSPS) is 11.2. The fraction of sp³-hybridized carbons (Fsp3) is 0.154. The van der Waals surface area contributed by atoms with Crippen LogP contribution in [0.4, 0.5) is 13.2 Å². The fourth-order valence-electron chi connectivity index (χ4n) is 1.61. The van der Waals surface area contributed by atoms with E-state index in [2.05, 4.69) is 9.72 Å². The Morgan fingerprint density at radius 1 is 1.11 bits per heavy atom. The number of methoxy groups -OCH3 is 1. The Kier molecular flexibility index (Phi) is 3.59. The molecule has 0 aliphatic rings. The van der Waals surface area contributed by atoms with Gasteiger partial charge in [-0.1, -0.05) is 12.1 Å². The smallest absolute Gasteiger partial charge is 0.494 e. The number of hydrogen-bond acceptors (Lipinski definition) is 3. The lowest BCUT2D eigenvalue weighted by Crippen LogP contribution is -2.17. The van der Waals surface area contributed by atoms with Crippen molar-refractivity contribution in [1.82, 2.24) is 4.98 Å². The summed E-state index contributed by atoms with van der Waals surface area (Å²) in [6.45, 7) is 0. The molecule has 1 aromatic heterocycles. The van der Waals surface area contributed by atoms with Crippen LogP contribution in [0.25, 0.3) is 11.3 Å². The quantitative estimate of drug-likeness (QED) is 0.852. The van der Waals surface area contributed by atoms with Gasteiger partial charge in [0, 0.05) is 11.8 Å². The van der Waals surface area contributed by atoms with Crippen molar-refractivity contribution in [2.45, 2.75) is 6.36 Å². The standard InChI is InChI=1S/C13H10F3NO2/c1-18-11-6-3-7-17-12(11)9-4-2-5-10(8-9)19-13(14,15)16/h2-8H,1H3. The third-order valence-electron chi connectivity index (χ3n) is 2.33. The molecule has 0 N–H and O–H groups in total. The maximum absolute atomic E-state index is 12.2. The maximum atomic E-state index is 12.2. The average Bonchev–Trinajstić information content (AvgIpc) is 2.37. The molecule has 0 aliphatic heterocycles. The van der Waals surface area contributed by atoms with Crippen molar-refractivity contribution < 1.29 is 22.6 Å². The molecule has 0 spiro atoms. The molecule has 0 amide bonds. The van der Waals surface area contributed by atoms with Gasteiger partial charge in [0.2, 0.25) is 0 Å². The van der Waals surface area contributed by atoms with Gasteiger partial charge in [0.1, 0.15) is 17.2 Å². The van der Waals surface area contributed by atoms with Crippen molar-refractivity contribution in [2.24, 2.45) is 0 Å². The average molecular weight is 269 g/mol. The zero-order valence-electron chi connectivity index (χ0n) is 9.94. The lowest BCUT2D eigenvalue weighted by molar-refractivity contribution is -0.274. The third-order valence-corrected chi connectivity index (χ3v) is 2.33. The second-order valence-electron chi connectivity index (χ2n) is 3.63. The van der Waals surface area contributed by atoms with Gasteiger partial charge in [-0.25, -0.2) is 0 Å². The highest BCUT2D eigenvalue weighted by Crippen LogP contribution is 2.31. The van der Waals surface area contributed by atoms with E-state index in [1.165, 1.54) is 31.5 Å². The van der Waals surface area contributed by atoms with Crippen molar-refractivity contribution in [3.8, 4) is 22.8 Å². The second-order valence-corrected chi connectivity index (χ2v) is 3.63. The van der Waals surface area contributed by atoms with E-state index in [4.69, 9.17) is 4.74 Å². The molecule has 1 aromatic carbocycles. The van der Waals surface area contributed by atoms with Crippen LogP contribution in [0.2, 0.25) is 0 Å². The Labute approximate surface area is 107 Å². The topological polar surface area (TPSA) is 31.4 Å². The highest BCUT2D eigenvalue weighted by molar-refractivity contribution is 5.67. The summed E-state index contributed by atoms with van der Waals surface area (Å²) in [6, 6.07) is 8.95. The number of nitrogens with zero attached hydrogens (tertiary/aromatic N) is 1. The molecule has 0 saturated carbocycles. The summed E-state index contributed by atoms with van der Waals surface area (Å²) < 4.78 is 45.5. The van der Waals surface area contributed by atoms with E-state index in [0.717, 1.165) is 0 Å². The first-order chi connectivity index (χ1) is 8.99. The summed E-state index contributed by atoms with van der Waals surface area (Å²) in [5.41, 5.74) is 0.942. The number of aromatic nitrogens is 1. The molecule has 2 rings (SSSR count). The molecule has 2 aromatic rings. The van der Waals surface area contributed by atoms with E-state index < -0.39 is 6.36 Å². The van der Waals surface area contributed by atoms with Gasteiger partial charge in [-0.15, -0.1) is 13.2 Å². The van der Waals surface area contributed by atoms with Crippen LogP contribution in [0, 0.1) is 0 Å². The molecule has 0 radical (unpaired) electrons. The number of alkyl halides is 3. The summed E-state index contributed by atoms with van der Waals surface area (Å²) >= 11 is 0. The van der Waals surface area contributed by atoms with Crippen LogP contribution in [0.3, 0.4) is 0 Å². The van der Waals surface area contributed by atoms with Gasteiger partial charge in [-0.2, -0.15) is 0 Å². The first-order valence-electron chi connectivity index (χ1n) is 5.35. The summed E-state index contributed by atoms with van der Waals surface area (Å²) in [5, 5.41) is 0. The van der Waals surface area contributed by atoms with Crippen molar-refractivity contribution in [3.63, 3.8) is 0 Å². The Bertz CT molecular complexity index is 570. The largest absolute Gasteiger partial charge is 0.573 e. The Morgan fingerprint density at radius 3 is 2.58 bits per heavy atom. The Balaban J connectivity index is 2.38. The number of ether oxygens (including phenoxy) is 2. The molecule has 0 bridgehead atoms. The summed E-state index contributed by atoms with van der Waals surface area (Å²) in [5.74, 6) is 0.185. The van der Waals surface area contributed by atoms with Gasteiger partial charge in [0.15, 0.2) is 0 Å². The molecule has 19 heavy (non-hydrogen) atoms. The lowest BCUT2D eigenvalue weighted by Gasteiger charge is -2.11. The molecule has 3 nitrogen and oxygen atoms in total. The van der Waals surface area contributed by atoms with E-state index in [1.807, 2.05) is 0 Å². The van der Waals surface area contributed by atoms with Gasteiger partial charge in [0.25, 0.3) is 0 Å². The fourth-order valence-corrected chi connectivity index (χ4v) is 1.61. The van der Waals surface area contributed by atoms with E-state index >= 15 is 0 Å².